The SMILES string of the molecule is CC(=O)Nc1ccccc1[Se](=O)(=O)O. The van der Waals surface area contributed by atoms with Gasteiger partial charge in [0, 0.05) is 0 Å². The van der Waals surface area contributed by atoms with Gasteiger partial charge in [0.15, 0.2) is 0 Å². The van der Waals surface area contributed by atoms with Gasteiger partial charge in [0.2, 0.25) is 0 Å². The van der Waals surface area contributed by atoms with Crippen molar-refractivity contribution in [3.8, 4) is 0 Å². The average molecular weight is 262 g/mol. The van der Waals surface area contributed by atoms with E-state index in [1.807, 2.05) is 0 Å². The number of para-hydroxylation sites is 1. The van der Waals surface area contributed by atoms with Crippen LogP contribution < -0.4 is 9.78 Å². The van der Waals surface area contributed by atoms with E-state index in [0.29, 0.717) is 0 Å². The van der Waals surface area contributed by atoms with Crippen molar-refractivity contribution in [3.63, 3.8) is 0 Å². The fraction of sp³-hybridized carbons (Fsp3) is 0.125. The Morgan fingerprint density at radius 3 is 2.43 bits per heavy atom. The zero-order valence-corrected chi connectivity index (χ0v) is 9.10. The summed E-state index contributed by atoms with van der Waals surface area (Å²) in [7, 11) is 0. The molecule has 0 aromatic heterocycles. The molecule has 5 nitrogen and oxygen atoms in total. The van der Waals surface area contributed by atoms with Crippen LogP contribution in [0.4, 0.5) is 5.69 Å². The van der Waals surface area contributed by atoms with E-state index in [9.17, 15) is 12.5 Å². The van der Waals surface area contributed by atoms with Gasteiger partial charge in [0.05, 0.1) is 0 Å². The first-order valence-corrected chi connectivity index (χ1v) is 6.77. The topological polar surface area (TPSA) is 83.5 Å². The molecule has 0 bridgehead atoms. The molecule has 1 amide bonds. The molecule has 0 saturated heterocycles. The van der Waals surface area contributed by atoms with Crippen molar-refractivity contribution in [1.29, 1.82) is 0 Å². The quantitative estimate of drug-likeness (QED) is 0.713. The number of benzene rings is 1. The summed E-state index contributed by atoms with van der Waals surface area (Å²) >= 11 is -5.04. The Morgan fingerprint density at radius 1 is 1.36 bits per heavy atom. The number of rotatable bonds is 2. The molecule has 0 aliphatic rings. The van der Waals surface area contributed by atoms with Crippen LogP contribution in [0.2, 0.25) is 0 Å². The Morgan fingerprint density at radius 2 is 1.93 bits per heavy atom. The maximum absolute atomic E-state index is 10.9. The number of hydrogen-bond acceptors (Lipinski definition) is 3. The molecule has 0 atom stereocenters. The normalized spacial score (nSPS) is 11.0. The molecule has 0 aliphatic carbocycles. The first-order chi connectivity index (χ1) is 6.41. The standard InChI is InChI=1S/C8H9NO4Se/c1-6(10)9-7-4-2-3-5-8(7)14(11,12)13/h2-5H,1H3,(H,9,10)(H,11,12,13). The molecule has 76 valence electrons. The first-order valence-electron chi connectivity index (χ1n) is 3.75. The molecule has 0 unspecified atom stereocenters. The van der Waals surface area contributed by atoms with Crippen molar-refractivity contribution in [1.82, 2.24) is 0 Å². The summed E-state index contributed by atoms with van der Waals surface area (Å²) in [5, 5.41) is 2.32. The van der Waals surface area contributed by atoms with Crippen LogP contribution in [0.5, 0.6) is 0 Å². The molecule has 0 heterocycles. The van der Waals surface area contributed by atoms with Crippen molar-refractivity contribution in [2.24, 2.45) is 0 Å². The van der Waals surface area contributed by atoms with E-state index in [2.05, 4.69) is 5.32 Å². The van der Waals surface area contributed by atoms with Gasteiger partial charge in [-0.2, -0.15) is 0 Å². The second-order valence-corrected chi connectivity index (χ2v) is 5.57. The summed E-state index contributed by atoms with van der Waals surface area (Å²) in [6, 6.07) is 5.69. The summed E-state index contributed by atoms with van der Waals surface area (Å²) in [4.78, 5) is 10.7. The van der Waals surface area contributed by atoms with E-state index in [1.54, 1.807) is 6.07 Å². The molecular weight excluding hydrogens is 253 g/mol. The third-order valence-corrected chi connectivity index (χ3v) is 3.39. The molecule has 14 heavy (non-hydrogen) atoms. The van der Waals surface area contributed by atoms with Crippen molar-refractivity contribution < 1.29 is 16.7 Å². The van der Waals surface area contributed by atoms with Crippen LogP contribution in [0.15, 0.2) is 24.3 Å². The summed E-state index contributed by atoms with van der Waals surface area (Å²) in [6.07, 6.45) is 0. The van der Waals surface area contributed by atoms with Gasteiger partial charge < -0.3 is 0 Å². The van der Waals surface area contributed by atoms with Crippen LogP contribution in [0.3, 0.4) is 0 Å². The zero-order chi connectivity index (χ0) is 10.8. The first kappa shape index (κ1) is 10.8. The van der Waals surface area contributed by atoms with Crippen molar-refractivity contribution >= 4 is 29.1 Å². The number of amides is 1. The summed E-state index contributed by atoms with van der Waals surface area (Å²) in [5.74, 6) is -0.390. The number of hydrogen-bond donors (Lipinski definition) is 2. The van der Waals surface area contributed by atoms with Gasteiger partial charge in [-0.15, -0.1) is 0 Å². The van der Waals surface area contributed by atoms with Gasteiger partial charge in [0.25, 0.3) is 0 Å². The summed E-state index contributed by atoms with van der Waals surface area (Å²) in [6.45, 7) is 1.26. The monoisotopic (exact) mass is 263 g/mol. The van der Waals surface area contributed by atoms with Crippen LogP contribution in [-0.2, 0) is 12.5 Å². The van der Waals surface area contributed by atoms with Gasteiger partial charge in [-0.05, 0) is 0 Å². The third-order valence-electron chi connectivity index (χ3n) is 1.48. The van der Waals surface area contributed by atoms with E-state index in [1.165, 1.54) is 25.1 Å². The molecule has 0 saturated carbocycles. The maximum atomic E-state index is 10.9. The van der Waals surface area contributed by atoms with Gasteiger partial charge in [-0.25, -0.2) is 0 Å². The van der Waals surface area contributed by atoms with Gasteiger partial charge in [0.1, 0.15) is 0 Å². The fourth-order valence-electron chi connectivity index (χ4n) is 0.984. The zero-order valence-electron chi connectivity index (χ0n) is 7.39. The van der Waals surface area contributed by atoms with Crippen LogP contribution in [0, 0.1) is 0 Å². The molecule has 2 N–H and O–H groups in total. The molecular formula is C8H9NO4Se. The molecule has 0 aliphatic heterocycles. The van der Waals surface area contributed by atoms with Crippen LogP contribution in [0.1, 0.15) is 6.92 Å². The van der Waals surface area contributed by atoms with Gasteiger partial charge in [-0.3, -0.25) is 0 Å². The number of nitrogens with one attached hydrogen (secondary N) is 1. The molecule has 0 fully saturated rings. The van der Waals surface area contributed by atoms with Crippen LogP contribution in [-0.4, -0.2) is 23.1 Å². The van der Waals surface area contributed by atoms with Gasteiger partial charge >= 0.3 is 82.3 Å². The summed E-state index contributed by atoms with van der Waals surface area (Å²) in [5.41, 5.74) is 0.104. The number of carbonyl (C=O) groups excluding carboxylic acids is 1. The molecule has 1 aromatic carbocycles. The Hall–Kier alpha value is -1.23. The van der Waals surface area contributed by atoms with E-state index < -0.39 is 18.9 Å². The van der Waals surface area contributed by atoms with Crippen molar-refractivity contribution in [2.45, 2.75) is 6.92 Å². The number of anilines is 1. The van der Waals surface area contributed by atoms with Crippen molar-refractivity contribution in [3.05, 3.63) is 24.3 Å². The molecule has 1 aromatic rings. The van der Waals surface area contributed by atoms with E-state index in [-0.39, 0.29) is 10.1 Å². The van der Waals surface area contributed by atoms with E-state index in [0.717, 1.165) is 0 Å². The minimum atomic E-state index is -5.04. The van der Waals surface area contributed by atoms with E-state index in [4.69, 9.17) is 4.19 Å². The van der Waals surface area contributed by atoms with Crippen LogP contribution in [0.25, 0.3) is 0 Å². The molecule has 6 heteroatoms. The Kier molecular flexibility index (Phi) is 3.00. The number of carbonyl (C=O) groups is 1. The van der Waals surface area contributed by atoms with E-state index >= 15 is 0 Å². The second kappa shape index (κ2) is 3.87. The molecule has 0 spiro atoms. The van der Waals surface area contributed by atoms with Crippen molar-refractivity contribution in [2.75, 3.05) is 5.32 Å². The second-order valence-electron chi connectivity index (χ2n) is 2.65. The predicted molar refractivity (Wildman–Crippen MR) is 49.7 cm³/mol. The molecule has 1 rings (SSSR count). The Labute approximate surface area is 82.7 Å². The predicted octanol–water partition coefficient (Wildman–Crippen LogP) is -0.356. The summed E-state index contributed by atoms with van der Waals surface area (Å²) < 4.78 is 30.5. The Bertz CT molecular complexity index is 452. The molecule has 0 radical (unpaired) electrons. The van der Waals surface area contributed by atoms with Crippen LogP contribution >= 0.6 is 0 Å². The Balaban J connectivity index is 3.23. The van der Waals surface area contributed by atoms with Gasteiger partial charge in [-0.1, -0.05) is 0 Å². The minimum absolute atomic E-state index is 0.104. The third kappa shape index (κ3) is 2.63. The average Bonchev–Trinajstić information content (AvgIpc) is 2.01. The fourth-order valence-corrected chi connectivity index (χ4v) is 2.34.